The van der Waals surface area contributed by atoms with E-state index >= 15 is 0 Å². The van der Waals surface area contributed by atoms with E-state index in [9.17, 15) is 0 Å². The predicted molar refractivity (Wildman–Crippen MR) is 108 cm³/mol. The molecule has 1 aliphatic rings. The van der Waals surface area contributed by atoms with E-state index in [1.54, 1.807) is 14.2 Å². The van der Waals surface area contributed by atoms with Gasteiger partial charge in [0.2, 0.25) is 0 Å². The first-order valence-electron chi connectivity index (χ1n) is 8.99. The third-order valence-electron chi connectivity index (χ3n) is 4.66. The van der Waals surface area contributed by atoms with Gasteiger partial charge in [0.15, 0.2) is 0 Å². The molecule has 0 atom stereocenters. The maximum Gasteiger partial charge on any atom is 0.142 e. The Balaban J connectivity index is 2.07. The SMILES string of the molecule is COC1=C(CC=C(C)C)CN(Cc2ccccc2)c2c(OC)cccc21. The van der Waals surface area contributed by atoms with E-state index in [0.717, 1.165) is 42.3 Å². The molecule has 0 saturated heterocycles. The number of methoxy groups -OCH3 is 2. The Morgan fingerprint density at radius 3 is 2.42 bits per heavy atom. The van der Waals surface area contributed by atoms with Crippen LogP contribution in [0.25, 0.3) is 5.76 Å². The van der Waals surface area contributed by atoms with Gasteiger partial charge in [-0.05, 0) is 43.5 Å². The summed E-state index contributed by atoms with van der Waals surface area (Å²) in [6.45, 7) is 5.93. The van der Waals surface area contributed by atoms with Crippen LogP contribution in [-0.4, -0.2) is 20.8 Å². The average Bonchev–Trinajstić information content (AvgIpc) is 2.66. The number of nitrogens with zero attached hydrogens (tertiary/aromatic N) is 1. The Morgan fingerprint density at radius 2 is 1.77 bits per heavy atom. The molecule has 0 unspecified atom stereocenters. The third-order valence-corrected chi connectivity index (χ3v) is 4.66. The standard InChI is InChI=1S/C23H27NO2/c1-17(2)13-14-19-16-24(15-18-9-6-5-7-10-18)22-20(23(19)26-4)11-8-12-21(22)25-3/h5-13H,14-16H2,1-4H3. The molecule has 26 heavy (non-hydrogen) atoms. The molecule has 2 aromatic carbocycles. The molecule has 0 aromatic heterocycles. The minimum absolute atomic E-state index is 0.829. The van der Waals surface area contributed by atoms with Crippen LogP contribution >= 0.6 is 0 Å². The van der Waals surface area contributed by atoms with Crippen molar-refractivity contribution in [3.63, 3.8) is 0 Å². The molecule has 2 aromatic rings. The number of benzene rings is 2. The molecule has 3 nitrogen and oxygen atoms in total. The van der Waals surface area contributed by atoms with Gasteiger partial charge < -0.3 is 14.4 Å². The third kappa shape index (κ3) is 3.77. The molecule has 3 heteroatoms. The van der Waals surface area contributed by atoms with Crippen LogP contribution in [0, 0.1) is 0 Å². The van der Waals surface area contributed by atoms with Crippen molar-refractivity contribution in [2.24, 2.45) is 0 Å². The van der Waals surface area contributed by atoms with Crippen molar-refractivity contribution in [2.75, 3.05) is 25.7 Å². The fraction of sp³-hybridized carbons (Fsp3) is 0.304. The largest absolute Gasteiger partial charge is 0.496 e. The lowest BCUT2D eigenvalue weighted by molar-refractivity contribution is 0.362. The van der Waals surface area contributed by atoms with E-state index in [4.69, 9.17) is 9.47 Å². The van der Waals surface area contributed by atoms with Gasteiger partial charge in [-0.1, -0.05) is 48.0 Å². The molecular weight excluding hydrogens is 322 g/mol. The first-order valence-corrected chi connectivity index (χ1v) is 8.99. The van der Waals surface area contributed by atoms with Crippen LogP contribution in [0.2, 0.25) is 0 Å². The summed E-state index contributed by atoms with van der Waals surface area (Å²) in [5, 5.41) is 0. The van der Waals surface area contributed by atoms with Gasteiger partial charge in [0.25, 0.3) is 0 Å². The maximum atomic E-state index is 5.83. The molecule has 1 aliphatic heterocycles. The monoisotopic (exact) mass is 349 g/mol. The van der Waals surface area contributed by atoms with Crippen molar-refractivity contribution in [2.45, 2.75) is 26.8 Å². The maximum absolute atomic E-state index is 5.83. The lowest BCUT2D eigenvalue weighted by Gasteiger charge is -2.35. The number of hydrogen-bond acceptors (Lipinski definition) is 3. The van der Waals surface area contributed by atoms with Gasteiger partial charge in [-0.3, -0.25) is 0 Å². The van der Waals surface area contributed by atoms with Crippen molar-refractivity contribution >= 4 is 11.4 Å². The van der Waals surface area contributed by atoms with Gasteiger partial charge in [-0.25, -0.2) is 0 Å². The van der Waals surface area contributed by atoms with Gasteiger partial charge in [0.1, 0.15) is 11.5 Å². The molecule has 3 rings (SSSR count). The Hall–Kier alpha value is -2.68. The number of anilines is 1. The summed E-state index contributed by atoms with van der Waals surface area (Å²) >= 11 is 0. The Labute approximate surface area is 156 Å². The zero-order chi connectivity index (χ0) is 18.5. The zero-order valence-electron chi connectivity index (χ0n) is 16.1. The number of fused-ring (bicyclic) bond motifs is 1. The average molecular weight is 349 g/mol. The van der Waals surface area contributed by atoms with Crippen LogP contribution < -0.4 is 9.64 Å². The van der Waals surface area contributed by atoms with Gasteiger partial charge in [-0.2, -0.15) is 0 Å². The van der Waals surface area contributed by atoms with Crippen LogP contribution in [0.4, 0.5) is 5.69 Å². The van der Waals surface area contributed by atoms with E-state index < -0.39 is 0 Å². The van der Waals surface area contributed by atoms with Crippen LogP contribution in [0.1, 0.15) is 31.4 Å². The summed E-state index contributed by atoms with van der Waals surface area (Å²) in [5.41, 5.74) is 6.11. The van der Waals surface area contributed by atoms with E-state index in [-0.39, 0.29) is 0 Å². The number of ether oxygens (including phenoxy) is 2. The molecule has 0 saturated carbocycles. The van der Waals surface area contributed by atoms with Crippen LogP contribution in [0.5, 0.6) is 5.75 Å². The molecule has 0 aliphatic carbocycles. The number of hydrogen-bond donors (Lipinski definition) is 0. The quantitative estimate of drug-likeness (QED) is 0.649. The molecule has 0 bridgehead atoms. The summed E-state index contributed by atoms with van der Waals surface area (Å²) in [6, 6.07) is 16.7. The van der Waals surface area contributed by atoms with Gasteiger partial charge >= 0.3 is 0 Å². The summed E-state index contributed by atoms with van der Waals surface area (Å²) in [5.74, 6) is 1.86. The molecule has 0 amide bonds. The van der Waals surface area contributed by atoms with Crippen molar-refractivity contribution in [1.29, 1.82) is 0 Å². The Bertz CT molecular complexity index is 817. The highest BCUT2D eigenvalue weighted by Crippen LogP contribution is 2.42. The molecule has 136 valence electrons. The van der Waals surface area contributed by atoms with Gasteiger partial charge in [0.05, 0.1) is 19.9 Å². The van der Waals surface area contributed by atoms with Crippen LogP contribution in [0.15, 0.2) is 65.8 Å². The second kappa shape index (κ2) is 8.13. The fourth-order valence-corrected chi connectivity index (χ4v) is 3.45. The lowest BCUT2D eigenvalue weighted by Crippen LogP contribution is -2.30. The Morgan fingerprint density at radius 1 is 1.00 bits per heavy atom. The highest BCUT2D eigenvalue weighted by atomic mass is 16.5. The van der Waals surface area contributed by atoms with Crippen molar-refractivity contribution in [1.82, 2.24) is 0 Å². The minimum atomic E-state index is 0.829. The fourth-order valence-electron chi connectivity index (χ4n) is 3.45. The second-order valence-electron chi connectivity index (χ2n) is 6.82. The van der Waals surface area contributed by atoms with Gasteiger partial charge in [-0.15, -0.1) is 0 Å². The Kier molecular flexibility index (Phi) is 5.67. The topological polar surface area (TPSA) is 21.7 Å². The predicted octanol–water partition coefficient (Wildman–Crippen LogP) is 5.43. The summed E-state index contributed by atoms with van der Waals surface area (Å²) in [6.07, 6.45) is 3.16. The number of para-hydroxylation sites is 1. The van der Waals surface area contributed by atoms with Crippen molar-refractivity contribution in [3.8, 4) is 5.75 Å². The van der Waals surface area contributed by atoms with E-state index in [1.807, 2.05) is 12.1 Å². The number of rotatable bonds is 6. The summed E-state index contributed by atoms with van der Waals surface area (Å²) < 4.78 is 11.5. The normalized spacial score (nSPS) is 13.3. The van der Waals surface area contributed by atoms with Crippen molar-refractivity contribution in [3.05, 3.63) is 76.9 Å². The molecule has 0 N–H and O–H groups in total. The molecule has 0 fully saturated rings. The van der Waals surface area contributed by atoms with E-state index in [1.165, 1.54) is 16.7 Å². The molecule has 0 radical (unpaired) electrons. The second-order valence-corrected chi connectivity index (χ2v) is 6.82. The van der Waals surface area contributed by atoms with Crippen molar-refractivity contribution < 1.29 is 9.47 Å². The highest BCUT2D eigenvalue weighted by molar-refractivity contribution is 5.83. The van der Waals surface area contributed by atoms with E-state index in [2.05, 4.69) is 61.2 Å². The summed E-state index contributed by atoms with van der Waals surface area (Å²) in [7, 11) is 3.49. The zero-order valence-corrected chi connectivity index (χ0v) is 16.1. The minimum Gasteiger partial charge on any atom is -0.496 e. The number of allylic oxidation sites excluding steroid dienone is 2. The van der Waals surface area contributed by atoms with Crippen LogP contribution in [0.3, 0.4) is 0 Å². The smallest absolute Gasteiger partial charge is 0.142 e. The molecule has 0 spiro atoms. The summed E-state index contributed by atoms with van der Waals surface area (Å²) in [4.78, 5) is 2.39. The first-order chi connectivity index (χ1) is 12.6. The first kappa shape index (κ1) is 18.1. The van der Waals surface area contributed by atoms with Gasteiger partial charge in [0, 0.05) is 18.7 Å². The highest BCUT2D eigenvalue weighted by Gasteiger charge is 2.27. The molecular formula is C23H27NO2. The van der Waals surface area contributed by atoms with Crippen LogP contribution in [-0.2, 0) is 11.3 Å². The molecule has 1 heterocycles. The lowest BCUT2D eigenvalue weighted by atomic mass is 9.96. The van der Waals surface area contributed by atoms with E-state index in [0.29, 0.717) is 0 Å².